The molecule has 0 spiro atoms. The van der Waals surface area contributed by atoms with Crippen LogP contribution in [-0.2, 0) is 9.53 Å². The number of H-pyrrole nitrogens is 1. The minimum atomic E-state index is -0.308. The fourth-order valence-corrected chi connectivity index (χ4v) is 1.92. The van der Waals surface area contributed by atoms with Gasteiger partial charge in [-0.15, -0.1) is 0 Å². The number of rotatable bonds is 5. The Bertz CT molecular complexity index is 739. The second kappa shape index (κ2) is 6.94. The second-order valence-corrected chi connectivity index (χ2v) is 4.78. The van der Waals surface area contributed by atoms with Crippen molar-refractivity contribution in [3.05, 3.63) is 28.9 Å². The normalized spacial score (nSPS) is 11.4. The standard InChI is InChI=1S/C14H16N4O2S/c1-3-20-12(19)8-9(2)17-18-13-14(21)16-11-7-5-4-6-10(11)15-13/h4-7H,3,8H2,1-2H3,(H,15,18)(H,16,21). The van der Waals surface area contributed by atoms with E-state index in [1.54, 1.807) is 13.8 Å². The van der Waals surface area contributed by atoms with Gasteiger partial charge in [0.25, 0.3) is 0 Å². The summed E-state index contributed by atoms with van der Waals surface area (Å²) in [5, 5.41) is 4.10. The van der Waals surface area contributed by atoms with E-state index >= 15 is 0 Å². The Morgan fingerprint density at radius 2 is 2.24 bits per heavy atom. The fraction of sp³-hybridized carbons (Fsp3) is 0.286. The van der Waals surface area contributed by atoms with Crippen molar-refractivity contribution >= 4 is 40.8 Å². The first-order valence-electron chi connectivity index (χ1n) is 6.54. The van der Waals surface area contributed by atoms with Gasteiger partial charge in [-0.3, -0.25) is 10.2 Å². The van der Waals surface area contributed by atoms with Crippen molar-refractivity contribution in [1.82, 2.24) is 9.97 Å². The smallest absolute Gasteiger partial charge is 0.311 e. The molecule has 0 unspecified atom stereocenters. The second-order valence-electron chi connectivity index (χ2n) is 4.37. The number of anilines is 1. The molecule has 0 amide bonds. The summed E-state index contributed by atoms with van der Waals surface area (Å²) in [6.07, 6.45) is 0.130. The molecule has 0 aliphatic rings. The molecule has 7 heteroatoms. The predicted octanol–water partition coefficient (Wildman–Crippen LogP) is 3.03. The van der Waals surface area contributed by atoms with Crippen molar-refractivity contribution in [2.75, 3.05) is 12.0 Å². The Balaban J connectivity index is 2.14. The van der Waals surface area contributed by atoms with Gasteiger partial charge in [0.15, 0.2) is 5.82 Å². The summed E-state index contributed by atoms with van der Waals surface area (Å²) in [6, 6.07) is 7.58. The van der Waals surface area contributed by atoms with Crippen LogP contribution >= 0.6 is 12.2 Å². The molecule has 1 aromatic carbocycles. The topological polar surface area (TPSA) is 79.4 Å². The molecule has 0 atom stereocenters. The van der Waals surface area contributed by atoms with Crippen LogP contribution in [0.1, 0.15) is 20.3 Å². The Kier molecular flexibility index (Phi) is 4.99. The summed E-state index contributed by atoms with van der Waals surface area (Å²) in [6.45, 7) is 3.86. The zero-order valence-corrected chi connectivity index (χ0v) is 12.7. The third kappa shape index (κ3) is 4.09. The first-order chi connectivity index (χ1) is 10.1. The molecule has 0 saturated carbocycles. The highest BCUT2D eigenvalue weighted by Gasteiger charge is 2.05. The monoisotopic (exact) mass is 304 g/mol. The first-order valence-corrected chi connectivity index (χ1v) is 6.95. The number of hydrogen-bond donors (Lipinski definition) is 2. The van der Waals surface area contributed by atoms with E-state index in [0.29, 0.717) is 22.8 Å². The Morgan fingerprint density at radius 3 is 3.00 bits per heavy atom. The zero-order valence-electron chi connectivity index (χ0n) is 11.8. The molecule has 0 fully saturated rings. The minimum absolute atomic E-state index is 0.130. The highest BCUT2D eigenvalue weighted by atomic mass is 32.1. The van der Waals surface area contributed by atoms with E-state index in [2.05, 4.69) is 20.5 Å². The number of aromatic amines is 1. The van der Waals surface area contributed by atoms with Gasteiger partial charge in [-0.2, -0.15) is 5.10 Å². The van der Waals surface area contributed by atoms with Gasteiger partial charge in [0.05, 0.1) is 24.1 Å². The Morgan fingerprint density at radius 1 is 1.48 bits per heavy atom. The number of hydrogen-bond acceptors (Lipinski definition) is 6. The molecule has 21 heavy (non-hydrogen) atoms. The van der Waals surface area contributed by atoms with Gasteiger partial charge in [-0.1, -0.05) is 24.4 Å². The number of aromatic nitrogens is 2. The van der Waals surface area contributed by atoms with Gasteiger partial charge >= 0.3 is 5.97 Å². The summed E-state index contributed by atoms with van der Waals surface area (Å²) >= 11 is 5.22. The lowest BCUT2D eigenvalue weighted by Gasteiger charge is -2.05. The molecule has 1 aromatic heterocycles. The molecule has 2 aromatic rings. The summed E-state index contributed by atoms with van der Waals surface area (Å²) in [5.74, 6) is 0.143. The van der Waals surface area contributed by atoms with Crippen molar-refractivity contribution in [1.29, 1.82) is 0 Å². The summed E-state index contributed by atoms with van der Waals surface area (Å²) < 4.78 is 5.32. The van der Waals surface area contributed by atoms with Crippen molar-refractivity contribution in [3.8, 4) is 0 Å². The largest absolute Gasteiger partial charge is 0.466 e. The Labute approximate surface area is 127 Å². The number of para-hydroxylation sites is 2. The lowest BCUT2D eigenvalue weighted by Crippen LogP contribution is -2.10. The number of carbonyl (C=O) groups excluding carboxylic acids is 1. The van der Waals surface area contributed by atoms with Gasteiger partial charge < -0.3 is 9.72 Å². The molecule has 2 N–H and O–H groups in total. The number of nitrogens with zero attached hydrogens (tertiary/aromatic N) is 2. The number of hydrazone groups is 1. The highest BCUT2D eigenvalue weighted by Crippen LogP contribution is 2.13. The van der Waals surface area contributed by atoms with E-state index in [4.69, 9.17) is 17.0 Å². The van der Waals surface area contributed by atoms with E-state index in [1.165, 1.54) is 0 Å². The van der Waals surface area contributed by atoms with Crippen molar-refractivity contribution in [3.63, 3.8) is 0 Å². The quantitative estimate of drug-likeness (QED) is 0.384. The van der Waals surface area contributed by atoms with Crippen LogP contribution in [0.3, 0.4) is 0 Å². The number of ether oxygens (including phenoxy) is 1. The first kappa shape index (κ1) is 15.1. The molecule has 6 nitrogen and oxygen atoms in total. The van der Waals surface area contributed by atoms with Crippen molar-refractivity contribution in [2.24, 2.45) is 5.10 Å². The summed E-state index contributed by atoms with van der Waals surface area (Å²) in [5.41, 5.74) is 5.03. The lowest BCUT2D eigenvalue weighted by atomic mass is 10.3. The number of fused-ring (bicyclic) bond motifs is 1. The minimum Gasteiger partial charge on any atom is -0.466 e. The highest BCUT2D eigenvalue weighted by molar-refractivity contribution is 7.71. The van der Waals surface area contributed by atoms with E-state index in [1.807, 2.05) is 24.3 Å². The third-order valence-electron chi connectivity index (χ3n) is 2.66. The molecule has 0 aliphatic carbocycles. The molecular formula is C14H16N4O2S. The van der Waals surface area contributed by atoms with E-state index in [0.717, 1.165) is 11.0 Å². The van der Waals surface area contributed by atoms with Gasteiger partial charge in [0.1, 0.15) is 4.64 Å². The van der Waals surface area contributed by atoms with E-state index in [-0.39, 0.29) is 12.4 Å². The number of nitrogens with one attached hydrogen (secondary N) is 2. The van der Waals surface area contributed by atoms with Crippen LogP contribution in [0.25, 0.3) is 11.0 Å². The Hall–Kier alpha value is -2.28. The summed E-state index contributed by atoms with van der Waals surface area (Å²) in [4.78, 5) is 18.8. The maximum atomic E-state index is 11.3. The number of benzene rings is 1. The number of esters is 1. The van der Waals surface area contributed by atoms with Gasteiger partial charge in [0.2, 0.25) is 0 Å². The fourth-order valence-electron chi connectivity index (χ4n) is 1.71. The van der Waals surface area contributed by atoms with Gasteiger partial charge in [0, 0.05) is 5.71 Å². The molecule has 0 saturated heterocycles. The molecule has 110 valence electrons. The predicted molar refractivity (Wildman–Crippen MR) is 84.9 cm³/mol. The van der Waals surface area contributed by atoms with Crippen LogP contribution in [0.4, 0.5) is 5.82 Å². The van der Waals surface area contributed by atoms with Crippen molar-refractivity contribution in [2.45, 2.75) is 20.3 Å². The SMILES string of the molecule is CCOC(=O)CC(C)=NNc1nc2ccccc2[nH]c1=S. The molecule has 0 aliphatic heterocycles. The maximum absolute atomic E-state index is 11.3. The van der Waals surface area contributed by atoms with Crippen LogP contribution < -0.4 is 5.43 Å². The van der Waals surface area contributed by atoms with Crippen LogP contribution in [0.2, 0.25) is 0 Å². The zero-order chi connectivity index (χ0) is 15.2. The van der Waals surface area contributed by atoms with E-state index < -0.39 is 0 Å². The van der Waals surface area contributed by atoms with Crippen LogP contribution in [0.15, 0.2) is 29.4 Å². The van der Waals surface area contributed by atoms with E-state index in [9.17, 15) is 4.79 Å². The molecule has 1 heterocycles. The van der Waals surface area contributed by atoms with Crippen molar-refractivity contribution < 1.29 is 9.53 Å². The van der Waals surface area contributed by atoms with Crippen LogP contribution in [-0.4, -0.2) is 28.3 Å². The average molecular weight is 304 g/mol. The maximum Gasteiger partial charge on any atom is 0.311 e. The van der Waals surface area contributed by atoms with Crippen LogP contribution in [0, 0.1) is 4.64 Å². The third-order valence-corrected chi connectivity index (χ3v) is 2.95. The molecule has 0 radical (unpaired) electrons. The molecule has 2 rings (SSSR count). The summed E-state index contributed by atoms with van der Waals surface area (Å²) in [7, 11) is 0. The average Bonchev–Trinajstić information content (AvgIpc) is 2.45. The molecule has 0 bridgehead atoms. The lowest BCUT2D eigenvalue weighted by molar-refractivity contribution is -0.141. The number of carbonyl (C=O) groups is 1. The van der Waals surface area contributed by atoms with Gasteiger partial charge in [-0.25, -0.2) is 4.98 Å². The molecular weight excluding hydrogens is 288 g/mol. The van der Waals surface area contributed by atoms with Crippen LogP contribution in [0.5, 0.6) is 0 Å². The van der Waals surface area contributed by atoms with Gasteiger partial charge in [-0.05, 0) is 26.0 Å².